The molecule has 0 atom stereocenters. The summed E-state index contributed by atoms with van der Waals surface area (Å²) in [4.78, 5) is 26.3. The monoisotopic (exact) mass is 456 g/mol. The quantitative estimate of drug-likeness (QED) is 0.322. The second kappa shape index (κ2) is 8.88. The van der Waals surface area contributed by atoms with Gasteiger partial charge in [-0.05, 0) is 55.8 Å². The third-order valence-electron chi connectivity index (χ3n) is 6.19. The molecule has 0 aliphatic heterocycles. The third kappa shape index (κ3) is 4.02. The van der Waals surface area contributed by atoms with Crippen molar-refractivity contribution < 1.29 is 14.8 Å². The van der Waals surface area contributed by atoms with E-state index in [1.165, 1.54) is 0 Å². The Kier molecular flexibility index (Phi) is 5.76. The van der Waals surface area contributed by atoms with Gasteiger partial charge in [-0.25, -0.2) is 15.0 Å². The minimum absolute atomic E-state index is 0.346. The smallest absolute Gasteiger partial charge is 0.423 e. The Hall–Kier alpha value is -3.76. The predicted molar refractivity (Wildman–Crippen MR) is 130 cm³/mol. The molecule has 0 saturated heterocycles. The first kappa shape index (κ1) is 22.1. The first-order chi connectivity index (χ1) is 16.4. The van der Waals surface area contributed by atoms with E-state index >= 15 is 0 Å². The molecule has 0 radical (unpaired) electrons. The molecule has 0 spiro atoms. The number of amides is 1. The van der Waals surface area contributed by atoms with Crippen LogP contribution >= 0.6 is 0 Å². The number of hydrogen-bond acceptors (Lipinski definition) is 7. The summed E-state index contributed by atoms with van der Waals surface area (Å²) in [7, 11) is -1.51. The van der Waals surface area contributed by atoms with Crippen molar-refractivity contribution in [2.45, 2.75) is 39.2 Å². The molecule has 4 aromatic rings. The minimum atomic E-state index is -1.51. The molecule has 0 bridgehead atoms. The number of carbonyl (C=O) groups excluding carboxylic acids is 1. The van der Waals surface area contributed by atoms with Crippen LogP contribution in [0.25, 0.3) is 17.2 Å². The summed E-state index contributed by atoms with van der Waals surface area (Å²) >= 11 is 0. The SMILES string of the molecule is Cc1nc2c(C(N)=O)cccn2c1-c1nc2c(c(NCc3cccc(B(O)O)c3)n1)CCCC2. The van der Waals surface area contributed by atoms with Crippen LogP contribution in [-0.2, 0) is 19.4 Å². The van der Waals surface area contributed by atoms with Gasteiger partial charge in [0.05, 0.1) is 11.3 Å². The van der Waals surface area contributed by atoms with Gasteiger partial charge in [-0.3, -0.25) is 9.20 Å². The second-order valence-corrected chi connectivity index (χ2v) is 8.53. The van der Waals surface area contributed by atoms with E-state index in [1.807, 2.05) is 23.6 Å². The van der Waals surface area contributed by atoms with Crippen LogP contribution in [0.1, 0.15) is 45.7 Å². The summed E-state index contributed by atoms with van der Waals surface area (Å²) in [6.45, 7) is 2.34. The number of rotatable bonds is 6. The molecule has 5 N–H and O–H groups in total. The summed E-state index contributed by atoms with van der Waals surface area (Å²) in [6, 6.07) is 10.6. The van der Waals surface area contributed by atoms with E-state index in [-0.39, 0.29) is 0 Å². The number of fused-ring (bicyclic) bond motifs is 2. The highest BCUT2D eigenvalue weighted by molar-refractivity contribution is 6.58. The average molecular weight is 456 g/mol. The molecule has 3 heterocycles. The highest BCUT2D eigenvalue weighted by Gasteiger charge is 2.23. The number of aryl methyl sites for hydroxylation is 2. The van der Waals surface area contributed by atoms with Crippen LogP contribution in [0.5, 0.6) is 0 Å². The van der Waals surface area contributed by atoms with E-state index in [1.54, 1.807) is 30.3 Å². The zero-order valence-electron chi connectivity index (χ0n) is 18.8. The molecule has 34 heavy (non-hydrogen) atoms. The normalized spacial score (nSPS) is 13.0. The lowest BCUT2D eigenvalue weighted by atomic mass is 9.79. The first-order valence-electron chi connectivity index (χ1n) is 11.3. The molecular formula is C24H25BN6O3. The molecule has 1 aliphatic rings. The number of carbonyl (C=O) groups is 1. The van der Waals surface area contributed by atoms with Crippen LogP contribution in [0.4, 0.5) is 5.82 Å². The van der Waals surface area contributed by atoms with Crippen LogP contribution in [0.2, 0.25) is 0 Å². The summed E-state index contributed by atoms with van der Waals surface area (Å²) in [6.07, 6.45) is 5.74. The zero-order chi connectivity index (χ0) is 23.8. The van der Waals surface area contributed by atoms with Crippen LogP contribution in [-0.4, -0.2) is 42.4 Å². The maximum Gasteiger partial charge on any atom is 0.488 e. The molecule has 1 aliphatic carbocycles. The highest BCUT2D eigenvalue weighted by Crippen LogP contribution is 2.31. The summed E-state index contributed by atoms with van der Waals surface area (Å²) in [5.41, 5.74) is 11.3. The van der Waals surface area contributed by atoms with Crippen molar-refractivity contribution in [3.05, 3.63) is 70.7 Å². The molecule has 0 unspecified atom stereocenters. The Morgan fingerprint density at radius 2 is 1.97 bits per heavy atom. The second-order valence-electron chi connectivity index (χ2n) is 8.53. The van der Waals surface area contributed by atoms with Crippen LogP contribution < -0.4 is 16.5 Å². The van der Waals surface area contributed by atoms with Gasteiger partial charge in [-0.1, -0.05) is 24.3 Å². The molecule has 0 saturated carbocycles. The van der Waals surface area contributed by atoms with Gasteiger partial charge in [0.1, 0.15) is 17.2 Å². The van der Waals surface area contributed by atoms with Crippen molar-refractivity contribution in [3.63, 3.8) is 0 Å². The standard InChI is InChI=1S/C24H25BN6O3/c1-14-20(31-11-5-9-18(21(26)32)24(31)28-14)23-29-19-10-3-2-8-17(19)22(30-23)27-13-15-6-4-7-16(12-15)25(33)34/h4-7,9,11-12,33-34H,2-3,8,10,13H2,1H3,(H2,26,32)(H,27,29,30). The van der Waals surface area contributed by atoms with Gasteiger partial charge >= 0.3 is 7.12 Å². The van der Waals surface area contributed by atoms with Crippen molar-refractivity contribution in [3.8, 4) is 11.5 Å². The Bertz CT molecular complexity index is 1400. The zero-order valence-corrected chi connectivity index (χ0v) is 18.8. The average Bonchev–Trinajstić information content (AvgIpc) is 3.18. The maximum atomic E-state index is 11.9. The number of pyridine rings is 1. The molecule has 10 heteroatoms. The molecule has 1 amide bonds. The Morgan fingerprint density at radius 3 is 2.76 bits per heavy atom. The van der Waals surface area contributed by atoms with Gasteiger partial charge in [-0.2, -0.15) is 0 Å². The topological polar surface area (TPSA) is 139 Å². The van der Waals surface area contributed by atoms with Gasteiger partial charge in [-0.15, -0.1) is 0 Å². The molecule has 172 valence electrons. The van der Waals surface area contributed by atoms with E-state index in [0.717, 1.165) is 54.0 Å². The van der Waals surface area contributed by atoms with E-state index in [2.05, 4.69) is 10.3 Å². The lowest BCUT2D eigenvalue weighted by Crippen LogP contribution is -2.30. The van der Waals surface area contributed by atoms with Crippen LogP contribution in [0, 0.1) is 6.92 Å². The number of anilines is 1. The number of benzene rings is 1. The van der Waals surface area contributed by atoms with Gasteiger partial charge in [0.25, 0.3) is 5.91 Å². The van der Waals surface area contributed by atoms with Crippen molar-refractivity contribution in [2.24, 2.45) is 5.73 Å². The molecule has 3 aromatic heterocycles. The van der Waals surface area contributed by atoms with E-state index in [9.17, 15) is 14.8 Å². The van der Waals surface area contributed by atoms with E-state index in [4.69, 9.17) is 15.7 Å². The van der Waals surface area contributed by atoms with Crippen molar-refractivity contribution >= 4 is 30.0 Å². The van der Waals surface area contributed by atoms with Gasteiger partial charge < -0.3 is 21.1 Å². The Labute approximate surface area is 196 Å². The molecule has 9 nitrogen and oxygen atoms in total. The number of nitrogens with two attached hydrogens (primary N) is 1. The molecule has 1 aromatic carbocycles. The van der Waals surface area contributed by atoms with Gasteiger partial charge in [0, 0.05) is 24.0 Å². The predicted octanol–water partition coefficient (Wildman–Crippen LogP) is 1.37. The lowest BCUT2D eigenvalue weighted by molar-refractivity contribution is 0.100. The fourth-order valence-corrected chi connectivity index (χ4v) is 4.54. The summed E-state index contributed by atoms with van der Waals surface area (Å²) < 4.78 is 1.82. The Morgan fingerprint density at radius 1 is 1.15 bits per heavy atom. The van der Waals surface area contributed by atoms with Gasteiger partial charge in [0.2, 0.25) is 0 Å². The summed E-state index contributed by atoms with van der Waals surface area (Å²) in [5.74, 6) is 0.760. The number of primary amides is 1. The number of imidazole rings is 1. The van der Waals surface area contributed by atoms with Crippen LogP contribution in [0.15, 0.2) is 42.6 Å². The fourth-order valence-electron chi connectivity index (χ4n) is 4.54. The minimum Gasteiger partial charge on any atom is -0.423 e. The van der Waals surface area contributed by atoms with Crippen LogP contribution in [0.3, 0.4) is 0 Å². The largest absolute Gasteiger partial charge is 0.488 e. The van der Waals surface area contributed by atoms with Crippen molar-refractivity contribution in [1.82, 2.24) is 19.4 Å². The van der Waals surface area contributed by atoms with E-state index in [0.29, 0.717) is 34.7 Å². The van der Waals surface area contributed by atoms with Gasteiger partial charge in [0.15, 0.2) is 5.82 Å². The molecular weight excluding hydrogens is 431 g/mol. The van der Waals surface area contributed by atoms with E-state index < -0.39 is 13.0 Å². The Balaban J connectivity index is 1.57. The number of hydrogen-bond donors (Lipinski definition) is 4. The number of aromatic nitrogens is 4. The number of nitrogens with zero attached hydrogens (tertiary/aromatic N) is 4. The number of nitrogens with one attached hydrogen (secondary N) is 1. The lowest BCUT2D eigenvalue weighted by Gasteiger charge is -2.20. The highest BCUT2D eigenvalue weighted by atomic mass is 16.4. The molecule has 0 fully saturated rings. The maximum absolute atomic E-state index is 11.9. The van der Waals surface area contributed by atoms with Crippen molar-refractivity contribution in [1.29, 1.82) is 0 Å². The third-order valence-corrected chi connectivity index (χ3v) is 6.19. The summed E-state index contributed by atoms with van der Waals surface area (Å²) in [5, 5.41) is 22.4. The first-order valence-corrected chi connectivity index (χ1v) is 11.3. The van der Waals surface area contributed by atoms with Crippen molar-refractivity contribution in [2.75, 3.05) is 5.32 Å². The molecule has 5 rings (SSSR count). The fraction of sp³-hybridized carbons (Fsp3) is 0.250.